The summed E-state index contributed by atoms with van der Waals surface area (Å²) < 4.78 is 12.5. The Morgan fingerprint density at radius 3 is 1.74 bits per heavy atom. The molecule has 7 heteroatoms. The third-order valence-corrected chi connectivity index (χ3v) is 8.36. The Morgan fingerprint density at radius 1 is 0.763 bits per heavy atom. The Labute approximate surface area is 235 Å². The van der Waals surface area contributed by atoms with Crippen LogP contribution in [-0.2, 0) is 15.6 Å². The van der Waals surface area contributed by atoms with E-state index >= 15 is 0 Å². The van der Waals surface area contributed by atoms with Crippen LogP contribution in [0.25, 0.3) is 0 Å². The van der Waals surface area contributed by atoms with E-state index in [1.165, 1.54) is 96.3 Å². The van der Waals surface area contributed by atoms with Gasteiger partial charge in [-0.15, -0.1) is 0 Å². The highest BCUT2D eigenvalue weighted by atomic mass is 31.2. The predicted octanol–water partition coefficient (Wildman–Crippen LogP) is 7.78. The zero-order valence-corrected chi connectivity index (χ0v) is 26.1. The number of anilines is 1. The van der Waals surface area contributed by atoms with Crippen molar-refractivity contribution in [2.75, 3.05) is 32.2 Å². The zero-order chi connectivity index (χ0) is 27.9. The molecule has 0 spiro atoms. The SMILES string of the molecule is CCCCCCCCCCCCCCCCCC(CCC)CO[P+]([O-])(O)OCC[n+]1ccc(N(C)C)cc1. The molecule has 1 aromatic heterocycles. The fourth-order valence-electron chi connectivity index (χ4n) is 4.92. The summed E-state index contributed by atoms with van der Waals surface area (Å²) in [6.07, 6.45) is 27.5. The summed E-state index contributed by atoms with van der Waals surface area (Å²) in [6, 6.07) is 4.00. The van der Waals surface area contributed by atoms with Crippen molar-refractivity contribution in [3.63, 3.8) is 0 Å². The average Bonchev–Trinajstić information content (AvgIpc) is 2.89. The van der Waals surface area contributed by atoms with Crippen molar-refractivity contribution in [1.82, 2.24) is 0 Å². The maximum absolute atomic E-state index is 12.4. The van der Waals surface area contributed by atoms with Crippen LogP contribution in [0.2, 0.25) is 0 Å². The minimum Gasteiger partial charge on any atom is -0.606 e. The average molecular weight is 556 g/mol. The summed E-state index contributed by atoms with van der Waals surface area (Å²) in [5.41, 5.74) is 1.11. The van der Waals surface area contributed by atoms with Gasteiger partial charge in [-0.05, 0) is 18.8 Å². The van der Waals surface area contributed by atoms with E-state index in [4.69, 9.17) is 9.05 Å². The maximum atomic E-state index is 12.4. The number of rotatable bonds is 26. The first-order valence-corrected chi connectivity index (χ1v) is 17.2. The lowest BCUT2D eigenvalue weighted by Crippen LogP contribution is -2.36. The molecule has 0 saturated heterocycles. The number of phosphoric ester groups is 1. The summed E-state index contributed by atoms with van der Waals surface area (Å²) in [7, 11) is -0.0406. The van der Waals surface area contributed by atoms with Crippen LogP contribution in [0.1, 0.15) is 129 Å². The van der Waals surface area contributed by atoms with Gasteiger partial charge in [-0.25, -0.2) is 4.57 Å². The van der Waals surface area contributed by atoms with Gasteiger partial charge >= 0.3 is 8.17 Å². The monoisotopic (exact) mass is 555 g/mol. The van der Waals surface area contributed by atoms with Crippen LogP contribution >= 0.6 is 8.17 Å². The number of unbranched alkanes of at least 4 members (excludes halogenated alkanes) is 14. The van der Waals surface area contributed by atoms with Crippen molar-refractivity contribution < 1.29 is 23.4 Å². The van der Waals surface area contributed by atoms with Gasteiger partial charge in [0.05, 0.1) is 6.61 Å². The number of phosphoric acid groups is 1. The van der Waals surface area contributed by atoms with Crippen molar-refractivity contribution in [1.29, 1.82) is 0 Å². The lowest BCUT2D eigenvalue weighted by atomic mass is 9.96. The Morgan fingerprint density at radius 2 is 1.26 bits per heavy atom. The molecular formula is C31H60N2O4P+. The molecule has 1 aromatic rings. The normalized spacial score (nSPS) is 13.9. The van der Waals surface area contributed by atoms with Gasteiger partial charge in [-0.3, -0.25) is 0 Å². The van der Waals surface area contributed by atoms with Crippen LogP contribution in [0, 0.1) is 5.92 Å². The minimum absolute atomic E-state index is 0.136. The molecule has 2 unspecified atom stereocenters. The number of nitrogens with zero attached hydrogens (tertiary/aromatic N) is 2. The molecule has 38 heavy (non-hydrogen) atoms. The third-order valence-electron chi connectivity index (χ3n) is 7.38. The molecular weight excluding hydrogens is 495 g/mol. The number of aromatic nitrogens is 1. The Balaban J connectivity index is 2.06. The Hall–Kier alpha value is -0.780. The highest BCUT2D eigenvalue weighted by Gasteiger charge is 2.29. The standard InChI is InChI=1S/C31H59N2O4P/c1-5-7-8-9-10-11-12-13-14-15-16-17-18-19-20-22-30(21-6-2)29-37-38(34,35)36-28-27-33-25-23-31(24-26-33)32(3)4/h23-26,30H,5-22,27-29H2,1-4H3/p+1. The van der Waals surface area contributed by atoms with E-state index < -0.39 is 8.17 Å². The number of hydrogen-bond donors (Lipinski definition) is 1. The van der Waals surface area contributed by atoms with Gasteiger partial charge < -0.3 is 9.79 Å². The Kier molecular flexibility index (Phi) is 21.3. The highest BCUT2D eigenvalue weighted by molar-refractivity contribution is 7.52. The smallest absolute Gasteiger partial charge is 0.377 e. The fourth-order valence-corrected chi connectivity index (χ4v) is 5.70. The summed E-state index contributed by atoms with van der Waals surface area (Å²) in [4.78, 5) is 24.5. The quantitative estimate of drug-likeness (QED) is 0.0718. The van der Waals surface area contributed by atoms with E-state index in [1.54, 1.807) is 0 Å². The lowest BCUT2D eigenvalue weighted by Gasteiger charge is -2.22. The van der Waals surface area contributed by atoms with E-state index in [9.17, 15) is 9.79 Å². The predicted molar refractivity (Wildman–Crippen MR) is 160 cm³/mol. The van der Waals surface area contributed by atoms with Gasteiger partial charge in [0.15, 0.2) is 25.5 Å². The van der Waals surface area contributed by atoms with Gasteiger partial charge in [0.25, 0.3) is 0 Å². The number of pyridine rings is 1. The van der Waals surface area contributed by atoms with Gasteiger partial charge in [-0.1, -0.05) is 117 Å². The maximum Gasteiger partial charge on any atom is 0.377 e. The third kappa shape index (κ3) is 19.3. The van der Waals surface area contributed by atoms with Crippen molar-refractivity contribution in [3.8, 4) is 0 Å². The fraction of sp³-hybridized carbons (Fsp3) is 0.839. The van der Waals surface area contributed by atoms with Crippen LogP contribution < -0.4 is 14.4 Å². The first-order valence-electron chi connectivity index (χ1n) is 15.7. The highest BCUT2D eigenvalue weighted by Crippen LogP contribution is 2.48. The van der Waals surface area contributed by atoms with Gasteiger partial charge in [0, 0.05) is 31.9 Å². The Bertz CT molecular complexity index is 658. The first-order chi connectivity index (χ1) is 18.4. The van der Waals surface area contributed by atoms with Crippen LogP contribution in [0.15, 0.2) is 24.5 Å². The van der Waals surface area contributed by atoms with Crippen molar-refractivity contribution in [2.24, 2.45) is 5.92 Å². The van der Waals surface area contributed by atoms with Crippen molar-refractivity contribution in [2.45, 2.75) is 136 Å². The van der Waals surface area contributed by atoms with Crippen molar-refractivity contribution >= 4 is 13.9 Å². The van der Waals surface area contributed by atoms with Gasteiger partial charge in [-0.2, -0.15) is 13.9 Å². The topological polar surface area (TPSA) is 68.9 Å². The van der Waals surface area contributed by atoms with E-state index in [-0.39, 0.29) is 6.61 Å². The van der Waals surface area contributed by atoms with Gasteiger partial charge in [0.1, 0.15) is 0 Å². The molecule has 0 radical (unpaired) electrons. The molecule has 1 heterocycles. The van der Waals surface area contributed by atoms with Crippen LogP contribution in [-0.4, -0.2) is 32.2 Å². The van der Waals surface area contributed by atoms with E-state index in [0.717, 1.165) is 24.9 Å². The summed E-state index contributed by atoms with van der Waals surface area (Å²) in [5, 5.41) is 0. The summed E-state index contributed by atoms with van der Waals surface area (Å²) >= 11 is 0. The molecule has 0 aliphatic carbocycles. The van der Waals surface area contributed by atoms with E-state index in [1.807, 2.05) is 48.1 Å². The largest absolute Gasteiger partial charge is 0.606 e. The summed E-state index contributed by atoms with van der Waals surface area (Å²) in [5.74, 6) is 0.319. The molecule has 0 bridgehead atoms. The molecule has 0 aliphatic rings. The molecule has 0 aliphatic heterocycles. The minimum atomic E-state index is -4.03. The molecule has 0 fully saturated rings. The second-order valence-electron chi connectivity index (χ2n) is 11.2. The van der Waals surface area contributed by atoms with E-state index in [2.05, 4.69) is 13.8 Å². The molecule has 0 amide bonds. The second-order valence-corrected chi connectivity index (χ2v) is 12.6. The van der Waals surface area contributed by atoms with Crippen LogP contribution in [0.4, 0.5) is 5.69 Å². The molecule has 1 rings (SSSR count). The van der Waals surface area contributed by atoms with Crippen LogP contribution in [0.3, 0.4) is 0 Å². The molecule has 0 aromatic carbocycles. The molecule has 0 saturated carbocycles. The first kappa shape index (κ1) is 35.2. The zero-order valence-electron chi connectivity index (χ0n) is 25.2. The lowest BCUT2D eigenvalue weighted by molar-refractivity contribution is -0.697. The number of hydrogen-bond acceptors (Lipinski definition) is 5. The van der Waals surface area contributed by atoms with Crippen LogP contribution in [0.5, 0.6) is 0 Å². The summed E-state index contributed by atoms with van der Waals surface area (Å²) in [6.45, 7) is 5.37. The van der Waals surface area contributed by atoms with E-state index in [0.29, 0.717) is 19.1 Å². The molecule has 2 atom stereocenters. The molecule has 222 valence electrons. The van der Waals surface area contributed by atoms with Gasteiger partial charge in [0.2, 0.25) is 0 Å². The molecule has 1 N–H and O–H groups in total. The van der Waals surface area contributed by atoms with Crippen molar-refractivity contribution in [3.05, 3.63) is 24.5 Å². The molecule has 6 nitrogen and oxygen atoms in total. The second kappa shape index (κ2) is 23.0.